The highest BCUT2D eigenvalue weighted by atomic mass is 35.5. The number of pyridine rings is 2. The van der Waals surface area contributed by atoms with E-state index in [-0.39, 0.29) is 12.4 Å². The van der Waals surface area contributed by atoms with Crippen LogP contribution in [-0.2, 0) is 0 Å². The SMILES string of the molecule is Cc1cc(Nc2ncnc3ccc(C4=CCCNCC4)nc23)ccc1Oc1ccn2ncnc2c1.Cl. The second-order valence-corrected chi connectivity index (χ2v) is 8.44. The van der Waals surface area contributed by atoms with Crippen LogP contribution in [0, 0.1) is 6.92 Å². The molecule has 5 heterocycles. The van der Waals surface area contributed by atoms with E-state index in [1.54, 1.807) is 10.8 Å². The van der Waals surface area contributed by atoms with Crippen molar-refractivity contribution in [3.8, 4) is 11.5 Å². The molecule has 0 saturated heterocycles. The van der Waals surface area contributed by atoms with Crippen molar-refractivity contribution in [2.75, 3.05) is 18.4 Å². The molecule has 4 aromatic heterocycles. The Hall–Kier alpha value is -4.08. The molecule has 5 aromatic rings. The fourth-order valence-corrected chi connectivity index (χ4v) is 4.21. The summed E-state index contributed by atoms with van der Waals surface area (Å²) in [6.45, 7) is 3.97. The summed E-state index contributed by atoms with van der Waals surface area (Å²) in [5.74, 6) is 2.15. The van der Waals surface area contributed by atoms with Crippen LogP contribution in [0.2, 0.25) is 0 Å². The van der Waals surface area contributed by atoms with Gasteiger partial charge in [-0.15, -0.1) is 12.4 Å². The van der Waals surface area contributed by atoms with Gasteiger partial charge in [0.15, 0.2) is 11.5 Å². The van der Waals surface area contributed by atoms with E-state index in [1.165, 1.54) is 11.9 Å². The number of fused-ring (bicyclic) bond motifs is 2. The lowest BCUT2D eigenvalue weighted by molar-refractivity contribution is 0.478. The molecule has 0 aliphatic carbocycles. The number of halogens is 1. The maximum atomic E-state index is 6.10. The highest BCUT2D eigenvalue weighted by molar-refractivity contribution is 5.88. The second-order valence-electron chi connectivity index (χ2n) is 8.44. The number of rotatable bonds is 5. The second kappa shape index (κ2) is 10.3. The highest BCUT2D eigenvalue weighted by Crippen LogP contribution is 2.30. The third-order valence-electron chi connectivity index (χ3n) is 6.01. The lowest BCUT2D eigenvalue weighted by Gasteiger charge is -2.13. The Kier molecular flexibility index (Phi) is 6.75. The van der Waals surface area contributed by atoms with E-state index in [4.69, 9.17) is 9.72 Å². The van der Waals surface area contributed by atoms with Gasteiger partial charge in [-0.05, 0) is 80.4 Å². The van der Waals surface area contributed by atoms with E-state index >= 15 is 0 Å². The third kappa shape index (κ3) is 4.84. The number of ether oxygens (including phenoxy) is 1. The van der Waals surface area contributed by atoms with Gasteiger partial charge >= 0.3 is 0 Å². The summed E-state index contributed by atoms with van der Waals surface area (Å²) < 4.78 is 7.79. The topological polar surface area (TPSA) is 102 Å². The van der Waals surface area contributed by atoms with E-state index in [0.717, 1.165) is 65.3 Å². The zero-order chi connectivity index (χ0) is 23.6. The molecule has 0 fully saturated rings. The van der Waals surface area contributed by atoms with Crippen LogP contribution in [0.3, 0.4) is 0 Å². The molecular weight excluding hydrogens is 476 g/mol. The van der Waals surface area contributed by atoms with Gasteiger partial charge in [0.25, 0.3) is 0 Å². The van der Waals surface area contributed by atoms with Gasteiger partial charge in [-0.3, -0.25) is 0 Å². The first kappa shape index (κ1) is 23.7. The fraction of sp³-hybridized carbons (Fsp3) is 0.192. The van der Waals surface area contributed by atoms with Crippen molar-refractivity contribution in [1.29, 1.82) is 0 Å². The van der Waals surface area contributed by atoms with Crippen molar-refractivity contribution < 1.29 is 4.74 Å². The van der Waals surface area contributed by atoms with Crippen LogP contribution >= 0.6 is 12.4 Å². The number of nitrogens with one attached hydrogen (secondary N) is 2. The molecule has 1 aliphatic heterocycles. The molecule has 0 atom stereocenters. The van der Waals surface area contributed by atoms with Gasteiger partial charge in [-0.25, -0.2) is 24.5 Å². The quantitative estimate of drug-likeness (QED) is 0.343. The molecule has 0 amide bonds. The lowest BCUT2D eigenvalue weighted by atomic mass is 10.1. The van der Waals surface area contributed by atoms with E-state index in [2.05, 4.69) is 36.8 Å². The predicted molar refractivity (Wildman–Crippen MR) is 142 cm³/mol. The Labute approximate surface area is 214 Å². The van der Waals surface area contributed by atoms with Crippen molar-refractivity contribution in [2.45, 2.75) is 19.8 Å². The van der Waals surface area contributed by atoms with Gasteiger partial charge < -0.3 is 15.4 Å². The van der Waals surface area contributed by atoms with Crippen molar-refractivity contribution in [3.63, 3.8) is 0 Å². The minimum atomic E-state index is 0. The van der Waals surface area contributed by atoms with E-state index in [1.807, 2.05) is 55.6 Å². The monoisotopic (exact) mass is 500 g/mol. The molecule has 10 heteroatoms. The molecule has 1 aromatic carbocycles. The van der Waals surface area contributed by atoms with Gasteiger partial charge in [0.2, 0.25) is 0 Å². The third-order valence-corrected chi connectivity index (χ3v) is 6.01. The van der Waals surface area contributed by atoms with Crippen molar-refractivity contribution in [2.24, 2.45) is 0 Å². The first-order valence-corrected chi connectivity index (χ1v) is 11.6. The van der Waals surface area contributed by atoms with Crippen LogP contribution in [0.4, 0.5) is 11.5 Å². The molecule has 2 N–H and O–H groups in total. The smallest absolute Gasteiger partial charge is 0.160 e. The van der Waals surface area contributed by atoms with Gasteiger partial charge in [0, 0.05) is 18.0 Å². The summed E-state index contributed by atoms with van der Waals surface area (Å²) in [5.41, 5.74) is 6.41. The normalized spacial score (nSPS) is 13.6. The summed E-state index contributed by atoms with van der Waals surface area (Å²) in [7, 11) is 0. The summed E-state index contributed by atoms with van der Waals surface area (Å²) in [4.78, 5) is 18.0. The maximum absolute atomic E-state index is 6.10. The molecule has 1 aliphatic rings. The summed E-state index contributed by atoms with van der Waals surface area (Å²) in [6.07, 6.45) is 9.14. The molecule has 0 bridgehead atoms. The standard InChI is InChI=1S/C26H24N8O.ClH/c1-17-13-19(4-7-23(17)35-20-9-12-34-24(14-20)29-16-31-34)32-26-25-22(28-15-30-26)6-5-21(33-25)18-3-2-10-27-11-8-18;/h3-7,9,12-16,27H,2,8,10-11H2,1H3,(H,28,30,32);1H. The zero-order valence-corrected chi connectivity index (χ0v) is 20.5. The molecule has 36 heavy (non-hydrogen) atoms. The van der Waals surface area contributed by atoms with Gasteiger partial charge in [0.1, 0.15) is 29.7 Å². The highest BCUT2D eigenvalue weighted by Gasteiger charge is 2.12. The zero-order valence-electron chi connectivity index (χ0n) is 19.7. The van der Waals surface area contributed by atoms with Crippen molar-refractivity contribution in [3.05, 3.63) is 78.6 Å². The van der Waals surface area contributed by atoms with Crippen LogP contribution in [0.1, 0.15) is 24.1 Å². The number of nitrogens with zero attached hydrogens (tertiary/aromatic N) is 6. The molecule has 182 valence electrons. The minimum absolute atomic E-state index is 0. The number of aryl methyl sites for hydroxylation is 1. The number of hydrogen-bond acceptors (Lipinski definition) is 8. The summed E-state index contributed by atoms with van der Waals surface area (Å²) in [5, 5.41) is 11.0. The number of anilines is 2. The lowest BCUT2D eigenvalue weighted by Crippen LogP contribution is -2.13. The average molecular weight is 501 g/mol. The Bertz CT molecular complexity index is 1560. The van der Waals surface area contributed by atoms with E-state index in [0.29, 0.717) is 11.6 Å². The Morgan fingerprint density at radius 1 is 1.00 bits per heavy atom. The first-order valence-electron chi connectivity index (χ1n) is 11.6. The van der Waals surface area contributed by atoms with Gasteiger partial charge in [0.05, 0.1) is 11.2 Å². The predicted octanol–water partition coefficient (Wildman–Crippen LogP) is 5.10. The minimum Gasteiger partial charge on any atom is -0.457 e. The Morgan fingerprint density at radius 2 is 1.94 bits per heavy atom. The molecule has 9 nitrogen and oxygen atoms in total. The van der Waals surface area contributed by atoms with Crippen LogP contribution in [0.5, 0.6) is 11.5 Å². The van der Waals surface area contributed by atoms with E-state index in [9.17, 15) is 0 Å². The Balaban J connectivity index is 0.00000267. The summed E-state index contributed by atoms with van der Waals surface area (Å²) >= 11 is 0. The van der Waals surface area contributed by atoms with Crippen LogP contribution < -0.4 is 15.4 Å². The largest absolute Gasteiger partial charge is 0.457 e. The molecule has 0 radical (unpaired) electrons. The molecule has 0 unspecified atom stereocenters. The Morgan fingerprint density at radius 3 is 2.86 bits per heavy atom. The summed E-state index contributed by atoms with van der Waals surface area (Å²) in [6, 6.07) is 13.7. The van der Waals surface area contributed by atoms with Crippen molar-refractivity contribution in [1.82, 2.24) is 34.9 Å². The number of benzene rings is 1. The fourth-order valence-electron chi connectivity index (χ4n) is 4.21. The maximum Gasteiger partial charge on any atom is 0.160 e. The van der Waals surface area contributed by atoms with Crippen LogP contribution in [0.15, 0.2) is 67.4 Å². The first-order chi connectivity index (χ1) is 17.2. The van der Waals surface area contributed by atoms with E-state index < -0.39 is 0 Å². The average Bonchev–Trinajstić information content (AvgIpc) is 3.17. The van der Waals surface area contributed by atoms with Crippen LogP contribution in [-0.4, -0.2) is 42.6 Å². The van der Waals surface area contributed by atoms with Crippen LogP contribution in [0.25, 0.3) is 22.3 Å². The van der Waals surface area contributed by atoms with Gasteiger partial charge in [-0.1, -0.05) is 6.08 Å². The molecular formula is C26H25ClN8O. The van der Waals surface area contributed by atoms with Crippen molar-refractivity contribution >= 4 is 46.2 Å². The van der Waals surface area contributed by atoms with Gasteiger partial charge in [-0.2, -0.15) is 5.10 Å². The number of aromatic nitrogens is 6. The number of hydrogen-bond donors (Lipinski definition) is 2. The molecule has 0 spiro atoms. The molecule has 6 rings (SSSR count). The molecule has 0 saturated carbocycles.